The van der Waals surface area contributed by atoms with Gasteiger partial charge in [-0.25, -0.2) is 4.39 Å². The maximum Gasteiger partial charge on any atom is 0.258 e. The number of amides is 1. The summed E-state index contributed by atoms with van der Waals surface area (Å²) in [5, 5.41) is 12.0. The average Bonchev–Trinajstić information content (AvgIpc) is 3.09. The summed E-state index contributed by atoms with van der Waals surface area (Å²) in [5.41, 5.74) is 5.49. The summed E-state index contributed by atoms with van der Waals surface area (Å²) in [6, 6.07) is 3.67. The first-order chi connectivity index (χ1) is 8.09. The number of phenols is 1. The second kappa shape index (κ2) is 4.71. The van der Waals surface area contributed by atoms with Gasteiger partial charge in [0, 0.05) is 12.6 Å². The zero-order valence-corrected chi connectivity index (χ0v) is 9.32. The van der Waals surface area contributed by atoms with Crippen molar-refractivity contribution in [2.24, 2.45) is 11.7 Å². The van der Waals surface area contributed by atoms with Crippen LogP contribution in [0.25, 0.3) is 0 Å². The number of halogens is 1. The SMILES string of the molecule is NC(CNC(=O)c1c(O)cccc1F)C1CC1. The third-order valence-corrected chi connectivity index (χ3v) is 2.94. The van der Waals surface area contributed by atoms with Crippen molar-refractivity contribution in [3.05, 3.63) is 29.6 Å². The fourth-order valence-corrected chi connectivity index (χ4v) is 1.73. The van der Waals surface area contributed by atoms with Crippen molar-refractivity contribution in [1.82, 2.24) is 5.32 Å². The Morgan fingerprint density at radius 1 is 1.59 bits per heavy atom. The van der Waals surface area contributed by atoms with Gasteiger partial charge in [0.1, 0.15) is 17.1 Å². The van der Waals surface area contributed by atoms with Crippen molar-refractivity contribution in [3.8, 4) is 5.75 Å². The Bertz CT molecular complexity index is 412. The Balaban J connectivity index is 1.99. The third-order valence-electron chi connectivity index (χ3n) is 2.94. The van der Waals surface area contributed by atoms with Crippen LogP contribution in [0, 0.1) is 11.7 Å². The summed E-state index contributed by atoms with van der Waals surface area (Å²) in [5.74, 6) is -1.26. The number of aromatic hydroxyl groups is 1. The van der Waals surface area contributed by atoms with Crippen molar-refractivity contribution >= 4 is 5.91 Å². The van der Waals surface area contributed by atoms with Crippen LogP contribution < -0.4 is 11.1 Å². The Morgan fingerprint density at radius 2 is 2.29 bits per heavy atom. The number of hydrogen-bond acceptors (Lipinski definition) is 3. The highest BCUT2D eigenvalue weighted by Gasteiger charge is 2.29. The second-order valence-electron chi connectivity index (χ2n) is 4.35. The molecule has 0 saturated heterocycles. The number of nitrogens with one attached hydrogen (secondary N) is 1. The summed E-state index contributed by atoms with van der Waals surface area (Å²) in [7, 11) is 0. The molecule has 0 aromatic heterocycles. The molecule has 0 aliphatic heterocycles. The van der Waals surface area contributed by atoms with Gasteiger partial charge < -0.3 is 16.2 Å². The largest absolute Gasteiger partial charge is 0.507 e. The molecule has 1 aliphatic carbocycles. The normalized spacial score (nSPS) is 16.6. The van der Waals surface area contributed by atoms with Gasteiger partial charge in [-0.15, -0.1) is 0 Å². The van der Waals surface area contributed by atoms with Gasteiger partial charge in [-0.05, 0) is 30.9 Å². The van der Waals surface area contributed by atoms with Gasteiger partial charge >= 0.3 is 0 Å². The highest BCUT2D eigenvalue weighted by atomic mass is 19.1. The summed E-state index contributed by atoms with van der Waals surface area (Å²) in [6.07, 6.45) is 2.17. The topological polar surface area (TPSA) is 75.3 Å². The summed E-state index contributed by atoms with van der Waals surface area (Å²) >= 11 is 0. The van der Waals surface area contributed by atoms with Crippen LogP contribution in [0.1, 0.15) is 23.2 Å². The molecule has 4 nitrogen and oxygen atoms in total. The molecule has 4 N–H and O–H groups in total. The average molecular weight is 238 g/mol. The van der Waals surface area contributed by atoms with E-state index in [2.05, 4.69) is 5.32 Å². The Kier molecular flexibility index (Phi) is 3.28. The molecule has 1 aliphatic rings. The lowest BCUT2D eigenvalue weighted by molar-refractivity contribution is 0.0943. The van der Waals surface area contributed by atoms with Crippen molar-refractivity contribution in [2.45, 2.75) is 18.9 Å². The van der Waals surface area contributed by atoms with Crippen LogP contribution in [0.3, 0.4) is 0 Å². The summed E-state index contributed by atoms with van der Waals surface area (Å²) in [4.78, 5) is 11.7. The maximum atomic E-state index is 13.3. The Hall–Kier alpha value is -1.62. The van der Waals surface area contributed by atoms with E-state index >= 15 is 0 Å². The summed E-state index contributed by atoms with van der Waals surface area (Å²) in [6.45, 7) is 0.303. The second-order valence-corrected chi connectivity index (χ2v) is 4.35. The van der Waals surface area contributed by atoms with Gasteiger partial charge in [0.05, 0.1) is 0 Å². The molecule has 1 aromatic rings. The lowest BCUT2D eigenvalue weighted by Crippen LogP contribution is -2.38. The first-order valence-corrected chi connectivity index (χ1v) is 5.61. The van der Waals surface area contributed by atoms with Gasteiger partial charge in [0.2, 0.25) is 0 Å². The summed E-state index contributed by atoms with van der Waals surface area (Å²) < 4.78 is 13.3. The standard InChI is InChI=1S/C12H15FN2O2/c13-8-2-1-3-10(16)11(8)12(17)15-6-9(14)7-4-5-7/h1-3,7,9,16H,4-6,14H2,(H,15,17). The predicted octanol–water partition coefficient (Wildman–Crippen LogP) is 0.998. The fraction of sp³-hybridized carbons (Fsp3) is 0.417. The lowest BCUT2D eigenvalue weighted by atomic mass is 10.1. The zero-order valence-electron chi connectivity index (χ0n) is 9.32. The first kappa shape index (κ1) is 11.9. The van der Waals surface area contributed by atoms with E-state index in [1.54, 1.807) is 0 Å². The van der Waals surface area contributed by atoms with Gasteiger partial charge in [-0.1, -0.05) is 6.07 Å². The Morgan fingerprint density at radius 3 is 2.88 bits per heavy atom. The van der Waals surface area contributed by atoms with Crippen LogP contribution in [0.4, 0.5) is 4.39 Å². The van der Waals surface area contributed by atoms with E-state index < -0.39 is 11.7 Å². The van der Waals surface area contributed by atoms with Crippen LogP contribution in [0.2, 0.25) is 0 Å². The number of carbonyl (C=O) groups is 1. The fourth-order valence-electron chi connectivity index (χ4n) is 1.73. The van der Waals surface area contributed by atoms with Crippen LogP contribution in [0.5, 0.6) is 5.75 Å². The van der Waals surface area contributed by atoms with Crippen LogP contribution in [-0.2, 0) is 0 Å². The highest BCUT2D eigenvalue weighted by molar-refractivity contribution is 5.97. The molecule has 1 fully saturated rings. The number of carbonyl (C=O) groups excluding carboxylic acids is 1. The smallest absolute Gasteiger partial charge is 0.258 e. The zero-order chi connectivity index (χ0) is 12.4. The molecular weight excluding hydrogens is 223 g/mol. The van der Waals surface area contributed by atoms with Gasteiger partial charge in [-0.2, -0.15) is 0 Å². The monoisotopic (exact) mass is 238 g/mol. The molecule has 0 bridgehead atoms. The van der Waals surface area contributed by atoms with Crippen molar-refractivity contribution in [1.29, 1.82) is 0 Å². The third kappa shape index (κ3) is 2.74. The van der Waals surface area contributed by atoms with Crippen molar-refractivity contribution in [3.63, 3.8) is 0 Å². The number of phenolic OH excluding ortho intramolecular Hbond substituents is 1. The Labute approximate surface area is 98.6 Å². The van der Waals surface area contributed by atoms with E-state index in [0.29, 0.717) is 12.5 Å². The van der Waals surface area contributed by atoms with E-state index in [4.69, 9.17) is 5.73 Å². The van der Waals surface area contributed by atoms with Gasteiger partial charge in [0.15, 0.2) is 0 Å². The van der Waals surface area contributed by atoms with Crippen molar-refractivity contribution < 1.29 is 14.3 Å². The first-order valence-electron chi connectivity index (χ1n) is 5.61. The number of benzene rings is 1. The lowest BCUT2D eigenvalue weighted by Gasteiger charge is -2.12. The minimum absolute atomic E-state index is 0.0899. The molecule has 17 heavy (non-hydrogen) atoms. The molecule has 1 amide bonds. The predicted molar refractivity (Wildman–Crippen MR) is 61.1 cm³/mol. The highest BCUT2D eigenvalue weighted by Crippen LogP contribution is 2.31. The molecule has 92 valence electrons. The molecule has 1 unspecified atom stereocenters. The van der Waals surface area contributed by atoms with Crippen molar-refractivity contribution in [2.75, 3.05) is 6.54 Å². The van der Waals surface area contributed by atoms with Crippen LogP contribution >= 0.6 is 0 Å². The maximum absolute atomic E-state index is 13.3. The van der Waals surface area contributed by atoms with E-state index in [9.17, 15) is 14.3 Å². The molecular formula is C12H15FN2O2. The van der Waals surface area contributed by atoms with E-state index in [0.717, 1.165) is 18.9 Å². The number of hydrogen-bond donors (Lipinski definition) is 3. The molecule has 0 spiro atoms. The molecule has 5 heteroatoms. The quantitative estimate of drug-likeness (QED) is 0.732. The molecule has 1 aromatic carbocycles. The van der Waals surface area contributed by atoms with Gasteiger partial charge in [-0.3, -0.25) is 4.79 Å². The van der Waals surface area contributed by atoms with E-state index in [1.165, 1.54) is 12.1 Å². The molecule has 2 rings (SSSR count). The molecule has 1 atom stereocenters. The van der Waals surface area contributed by atoms with Gasteiger partial charge in [0.25, 0.3) is 5.91 Å². The van der Waals surface area contributed by atoms with Crippen LogP contribution in [-0.4, -0.2) is 23.6 Å². The van der Waals surface area contributed by atoms with E-state index in [-0.39, 0.29) is 17.4 Å². The molecule has 1 saturated carbocycles. The van der Waals surface area contributed by atoms with E-state index in [1.807, 2.05) is 0 Å². The minimum atomic E-state index is -0.734. The number of rotatable bonds is 4. The molecule has 0 radical (unpaired) electrons. The molecule has 0 heterocycles. The minimum Gasteiger partial charge on any atom is -0.507 e. The number of nitrogens with two attached hydrogens (primary N) is 1. The van der Waals surface area contributed by atoms with Crippen LogP contribution in [0.15, 0.2) is 18.2 Å².